The Labute approximate surface area is 110 Å². The molecule has 0 aliphatic heterocycles. The molecule has 0 radical (unpaired) electrons. The standard InChI is InChI=1S/C11H16N2O4S/c1-17-9-3-2-4-10(7-9)18-13(5-6-14)8-11(15)12-16/h2-4,7,14,16H,5-6,8H2,1H3,(H,12,15). The Kier molecular flexibility index (Phi) is 6.51. The fraction of sp³-hybridized carbons (Fsp3) is 0.364. The Balaban J connectivity index is 2.66. The normalized spacial score (nSPS) is 10.4. The number of amides is 1. The van der Waals surface area contributed by atoms with Crippen LogP contribution in [0.1, 0.15) is 0 Å². The van der Waals surface area contributed by atoms with Gasteiger partial charge in [0, 0.05) is 11.4 Å². The van der Waals surface area contributed by atoms with Crippen LogP contribution in [0, 0.1) is 0 Å². The van der Waals surface area contributed by atoms with Gasteiger partial charge in [-0.15, -0.1) is 0 Å². The smallest absolute Gasteiger partial charge is 0.258 e. The summed E-state index contributed by atoms with van der Waals surface area (Å²) in [5, 5.41) is 17.4. The summed E-state index contributed by atoms with van der Waals surface area (Å²) < 4.78 is 6.74. The van der Waals surface area contributed by atoms with E-state index in [0.717, 1.165) is 10.6 Å². The lowest BCUT2D eigenvalue weighted by Crippen LogP contribution is -2.33. The number of aliphatic hydroxyl groups is 1. The molecular weight excluding hydrogens is 256 g/mol. The lowest BCUT2D eigenvalue weighted by atomic mass is 10.3. The van der Waals surface area contributed by atoms with E-state index in [2.05, 4.69) is 0 Å². The Hall–Kier alpha value is -1.28. The van der Waals surface area contributed by atoms with Gasteiger partial charge in [0.2, 0.25) is 0 Å². The summed E-state index contributed by atoms with van der Waals surface area (Å²) in [5.74, 6) is 0.189. The van der Waals surface area contributed by atoms with E-state index in [1.165, 1.54) is 11.9 Å². The maximum Gasteiger partial charge on any atom is 0.258 e. The number of hydrogen-bond acceptors (Lipinski definition) is 6. The Morgan fingerprint density at radius 2 is 2.33 bits per heavy atom. The minimum Gasteiger partial charge on any atom is -0.497 e. The van der Waals surface area contributed by atoms with Crippen LogP contribution >= 0.6 is 11.9 Å². The molecule has 0 spiro atoms. The largest absolute Gasteiger partial charge is 0.497 e. The second-order valence-electron chi connectivity index (χ2n) is 3.39. The molecule has 0 saturated carbocycles. The molecule has 0 bridgehead atoms. The number of carbonyl (C=O) groups excluding carboxylic acids is 1. The molecule has 7 heteroatoms. The average molecular weight is 272 g/mol. The van der Waals surface area contributed by atoms with Crippen molar-refractivity contribution in [2.45, 2.75) is 4.90 Å². The molecule has 0 atom stereocenters. The highest BCUT2D eigenvalue weighted by molar-refractivity contribution is 7.97. The van der Waals surface area contributed by atoms with Gasteiger partial charge in [0.1, 0.15) is 5.75 Å². The summed E-state index contributed by atoms with van der Waals surface area (Å²) in [5.41, 5.74) is 1.56. The number of benzene rings is 1. The highest BCUT2D eigenvalue weighted by Crippen LogP contribution is 2.25. The Morgan fingerprint density at radius 1 is 1.56 bits per heavy atom. The molecule has 1 rings (SSSR count). The summed E-state index contributed by atoms with van der Waals surface area (Å²) in [6.07, 6.45) is 0. The molecule has 0 aliphatic rings. The third-order valence-corrected chi connectivity index (χ3v) is 3.10. The molecule has 0 fully saturated rings. The number of rotatable bonds is 7. The second kappa shape index (κ2) is 7.93. The fourth-order valence-electron chi connectivity index (χ4n) is 1.27. The number of hydroxylamine groups is 1. The van der Waals surface area contributed by atoms with Gasteiger partial charge in [-0.3, -0.25) is 10.0 Å². The van der Waals surface area contributed by atoms with Crippen LogP contribution in [0.25, 0.3) is 0 Å². The number of nitrogens with zero attached hydrogens (tertiary/aromatic N) is 1. The van der Waals surface area contributed by atoms with Crippen LogP contribution in [-0.4, -0.2) is 47.3 Å². The number of nitrogens with one attached hydrogen (secondary N) is 1. The van der Waals surface area contributed by atoms with Gasteiger partial charge in [0.05, 0.1) is 20.3 Å². The predicted molar refractivity (Wildman–Crippen MR) is 67.4 cm³/mol. The van der Waals surface area contributed by atoms with Crippen LogP contribution in [0.15, 0.2) is 29.2 Å². The van der Waals surface area contributed by atoms with E-state index in [1.807, 2.05) is 24.3 Å². The van der Waals surface area contributed by atoms with E-state index in [4.69, 9.17) is 15.1 Å². The van der Waals surface area contributed by atoms with Crippen LogP contribution in [0.2, 0.25) is 0 Å². The van der Waals surface area contributed by atoms with Gasteiger partial charge in [-0.05, 0) is 30.1 Å². The van der Waals surface area contributed by atoms with Crippen molar-refractivity contribution in [3.8, 4) is 5.75 Å². The minimum absolute atomic E-state index is 0.0149. The van der Waals surface area contributed by atoms with E-state index in [9.17, 15) is 4.79 Å². The van der Waals surface area contributed by atoms with Crippen molar-refractivity contribution in [3.63, 3.8) is 0 Å². The quantitative estimate of drug-likeness (QED) is 0.381. The summed E-state index contributed by atoms with van der Waals surface area (Å²) in [7, 11) is 1.58. The number of ether oxygens (including phenoxy) is 1. The molecule has 0 aliphatic carbocycles. The molecule has 0 aromatic heterocycles. The molecular formula is C11H16N2O4S. The number of aliphatic hydroxyl groups excluding tert-OH is 1. The molecule has 100 valence electrons. The molecule has 18 heavy (non-hydrogen) atoms. The van der Waals surface area contributed by atoms with Gasteiger partial charge in [-0.2, -0.15) is 0 Å². The van der Waals surface area contributed by atoms with Gasteiger partial charge in [-0.25, -0.2) is 9.79 Å². The van der Waals surface area contributed by atoms with Crippen molar-refractivity contribution in [2.75, 3.05) is 26.8 Å². The van der Waals surface area contributed by atoms with Crippen molar-refractivity contribution >= 4 is 17.9 Å². The van der Waals surface area contributed by atoms with E-state index in [0.29, 0.717) is 6.54 Å². The third-order valence-electron chi connectivity index (χ3n) is 2.07. The van der Waals surface area contributed by atoms with Crippen LogP contribution in [0.3, 0.4) is 0 Å². The van der Waals surface area contributed by atoms with E-state index < -0.39 is 5.91 Å². The van der Waals surface area contributed by atoms with Crippen LogP contribution in [0.5, 0.6) is 5.75 Å². The number of methoxy groups -OCH3 is 1. The minimum atomic E-state index is -0.529. The van der Waals surface area contributed by atoms with Crippen LogP contribution in [0.4, 0.5) is 0 Å². The molecule has 1 amide bonds. The maximum absolute atomic E-state index is 11.1. The highest BCUT2D eigenvalue weighted by atomic mass is 32.2. The van der Waals surface area contributed by atoms with E-state index in [-0.39, 0.29) is 13.2 Å². The first-order valence-electron chi connectivity index (χ1n) is 5.30. The van der Waals surface area contributed by atoms with Crippen LogP contribution < -0.4 is 10.2 Å². The first-order chi connectivity index (χ1) is 8.69. The summed E-state index contributed by atoms with van der Waals surface area (Å²) >= 11 is 1.31. The molecule has 6 nitrogen and oxygen atoms in total. The molecule has 0 heterocycles. The Bertz CT molecular complexity index is 389. The average Bonchev–Trinajstić information content (AvgIpc) is 2.39. The van der Waals surface area contributed by atoms with Gasteiger partial charge in [0.15, 0.2) is 0 Å². The highest BCUT2D eigenvalue weighted by Gasteiger charge is 2.11. The lowest BCUT2D eigenvalue weighted by molar-refractivity contribution is -0.129. The topological polar surface area (TPSA) is 82.0 Å². The van der Waals surface area contributed by atoms with Crippen molar-refractivity contribution in [2.24, 2.45) is 0 Å². The fourth-order valence-corrected chi connectivity index (χ4v) is 2.23. The van der Waals surface area contributed by atoms with Gasteiger partial charge in [0.25, 0.3) is 5.91 Å². The zero-order valence-electron chi connectivity index (χ0n) is 10.00. The summed E-state index contributed by atoms with van der Waals surface area (Å²) in [6, 6.07) is 7.35. The van der Waals surface area contributed by atoms with E-state index >= 15 is 0 Å². The summed E-state index contributed by atoms with van der Waals surface area (Å²) in [6.45, 7) is 0.226. The SMILES string of the molecule is COc1cccc(SN(CCO)CC(=O)NO)c1. The predicted octanol–water partition coefficient (Wildman–Crippen LogP) is 0.502. The zero-order valence-corrected chi connectivity index (χ0v) is 10.8. The van der Waals surface area contributed by atoms with Crippen molar-refractivity contribution in [3.05, 3.63) is 24.3 Å². The zero-order chi connectivity index (χ0) is 13.4. The molecule has 1 aromatic rings. The number of carbonyl (C=O) groups is 1. The van der Waals surface area contributed by atoms with Crippen molar-refractivity contribution in [1.29, 1.82) is 0 Å². The third kappa shape index (κ3) is 4.92. The van der Waals surface area contributed by atoms with Crippen molar-refractivity contribution in [1.82, 2.24) is 9.79 Å². The Morgan fingerprint density at radius 3 is 2.94 bits per heavy atom. The molecule has 0 saturated heterocycles. The van der Waals surface area contributed by atoms with Gasteiger partial charge < -0.3 is 9.84 Å². The first-order valence-corrected chi connectivity index (χ1v) is 6.07. The molecule has 3 N–H and O–H groups in total. The van der Waals surface area contributed by atoms with Crippen LogP contribution in [-0.2, 0) is 4.79 Å². The number of hydrogen-bond donors (Lipinski definition) is 3. The molecule has 1 aromatic carbocycles. The summed E-state index contributed by atoms with van der Waals surface area (Å²) in [4.78, 5) is 12.0. The van der Waals surface area contributed by atoms with Gasteiger partial charge >= 0.3 is 0 Å². The first kappa shape index (κ1) is 14.8. The van der Waals surface area contributed by atoms with Gasteiger partial charge in [-0.1, -0.05) is 6.07 Å². The van der Waals surface area contributed by atoms with E-state index in [1.54, 1.807) is 16.9 Å². The monoisotopic (exact) mass is 272 g/mol. The van der Waals surface area contributed by atoms with Crippen molar-refractivity contribution < 1.29 is 19.8 Å². The second-order valence-corrected chi connectivity index (χ2v) is 4.56. The lowest BCUT2D eigenvalue weighted by Gasteiger charge is -2.18. The maximum atomic E-state index is 11.1. The molecule has 0 unspecified atom stereocenters.